The van der Waals surface area contributed by atoms with Crippen molar-refractivity contribution in [3.8, 4) is 0 Å². The van der Waals surface area contributed by atoms with Crippen LogP contribution in [0.5, 0.6) is 0 Å². The summed E-state index contributed by atoms with van der Waals surface area (Å²) in [5.41, 5.74) is -0.223. The van der Waals surface area contributed by atoms with Crippen LogP contribution in [0.25, 0.3) is 0 Å². The zero-order valence-corrected chi connectivity index (χ0v) is 13.9. The van der Waals surface area contributed by atoms with E-state index >= 15 is 0 Å². The first kappa shape index (κ1) is 17.5. The molecule has 2 heteroatoms. The highest BCUT2D eigenvalue weighted by molar-refractivity contribution is 5.72. The molecule has 118 valence electrons. The monoisotopic (exact) mass is 282 g/mol. The summed E-state index contributed by atoms with van der Waals surface area (Å²) in [5.74, 6) is 0.0373. The van der Waals surface area contributed by atoms with Crippen molar-refractivity contribution < 1.29 is 9.53 Å². The largest absolute Gasteiger partial charge is 0.459 e. The summed E-state index contributed by atoms with van der Waals surface area (Å²) in [6.07, 6.45) is 14.8. The van der Waals surface area contributed by atoms with E-state index in [2.05, 4.69) is 13.8 Å². The molecule has 0 amide bonds. The van der Waals surface area contributed by atoms with Crippen molar-refractivity contribution in [3.05, 3.63) is 0 Å². The molecule has 0 N–H and O–H groups in total. The van der Waals surface area contributed by atoms with Crippen molar-refractivity contribution in [2.45, 2.75) is 103 Å². The van der Waals surface area contributed by atoms with Crippen molar-refractivity contribution in [2.75, 3.05) is 0 Å². The third-order valence-electron chi connectivity index (χ3n) is 4.77. The normalized spacial score (nSPS) is 23.1. The molecule has 0 heterocycles. The average Bonchev–Trinajstić information content (AvgIpc) is 2.42. The molecule has 0 radical (unpaired) electrons. The van der Waals surface area contributed by atoms with Crippen molar-refractivity contribution in [3.63, 3.8) is 0 Å². The minimum atomic E-state index is -0.223. The minimum Gasteiger partial charge on any atom is -0.459 e. The molecule has 0 bridgehead atoms. The Morgan fingerprint density at radius 3 is 1.75 bits per heavy atom. The molecule has 2 nitrogen and oxygen atoms in total. The second kappa shape index (κ2) is 9.41. The van der Waals surface area contributed by atoms with Crippen LogP contribution in [0.2, 0.25) is 0 Å². The summed E-state index contributed by atoms with van der Waals surface area (Å²) >= 11 is 0. The summed E-state index contributed by atoms with van der Waals surface area (Å²) in [6, 6.07) is 0. The van der Waals surface area contributed by atoms with Gasteiger partial charge in [-0.15, -0.1) is 0 Å². The number of carbonyl (C=O) groups excluding carboxylic acids is 1. The average molecular weight is 282 g/mol. The van der Waals surface area contributed by atoms with Gasteiger partial charge in [-0.3, -0.25) is 4.79 Å². The maximum absolute atomic E-state index is 12.1. The second-order valence-corrected chi connectivity index (χ2v) is 6.86. The molecule has 0 aromatic heterocycles. The minimum absolute atomic E-state index is 0.00194. The van der Waals surface area contributed by atoms with Gasteiger partial charge in [0.15, 0.2) is 0 Å². The van der Waals surface area contributed by atoms with Gasteiger partial charge in [-0.1, -0.05) is 58.8 Å². The second-order valence-electron chi connectivity index (χ2n) is 6.86. The van der Waals surface area contributed by atoms with Crippen molar-refractivity contribution in [1.82, 2.24) is 0 Å². The summed E-state index contributed by atoms with van der Waals surface area (Å²) in [4.78, 5) is 12.1. The van der Waals surface area contributed by atoms with Crippen molar-refractivity contribution in [1.29, 1.82) is 0 Å². The van der Waals surface area contributed by atoms with Gasteiger partial charge in [-0.2, -0.15) is 0 Å². The van der Waals surface area contributed by atoms with Crippen LogP contribution in [0.15, 0.2) is 0 Å². The standard InChI is InChI=1S/C18H34O2/c1-4-16(2)17(19)20-18(3)14-12-10-8-6-5-7-9-11-13-15-18/h16H,4-15H2,1-3H3. The van der Waals surface area contributed by atoms with Crippen LogP contribution in [0, 0.1) is 5.92 Å². The van der Waals surface area contributed by atoms with Crippen molar-refractivity contribution in [2.24, 2.45) is 5.92 Å². The van der Waals surface area contributed by atoms with Crippen LogP contribution in [0.3, 0.4) is 0 Å². The van der Waals surface area contributed by atoms with Gasteiger partial charge in [-0.05, 0) is 39.0 Å². The Labute approximate surface area is 125 Å². The van der Waals surface area contributed by atoms with E-state index in [4.69, 9.17) is 4.74 Å². The Kier molecular flexibility index (Phi) is 8.25. The predicted octanol–water partition coefficient (Wildman–Crippen LogP) is 5.64. The Morgan fingerprint density at radius 2 is 1.35 bits per heavy atom. The molecule has 0 spiro atoms. The lowest BCUT2D eigenvalue weighted by Gasteiger charge is -2.31. The number of hydrogen-bond donors (Lipinski definition) is 0. The molecule has 0 saturated heterocycles. The number of hydrogen-bond acceptors (Lipinski definition) is 2. The van der Waals surface area contributed by atoms with Crippen LogP contribution in [0.1, 0.15) is 97.8 Å². The van der Waals surface area contributed by atoms with Gasteiger partial charge in [0, 0.05) is 0 Å². The fourth-order valence-electron chi connectivity index (χ4n) is 2.97. The fraction of sp³-hybridized carbons (Fsp3) is 0.944. The van der Waals surface area contributed by atoms with Gasteiger partial charge in [0.05, 0.1) is 5.92 Å². The van der Waals surface area contributed by atoms with E-state index in [9.17, 15) is 4.79 Å². The topological polar surface area (TPSA) is 26.3 Å². The van der Waals surface area contributed by atoms with Gasteiger partial charge < -0.3 is 4.74 Å². The van der Waals surface area contributed by atoms with Gasteiger partial charge >= 0.3 is 5.97 Å². The van der Waals surface area contributed by atoms with Gasteiger partial charge in [-0.25, -0.2) is 0 Å². The van der Waals surface area contributed by atoms with Crippen LogP contribution >= 0.6 is 0 Å². The Balaban J connectivity index is 2.52. The number of ether oxygens (including phenoxy) is 1. The first-order valence-corrected chi connectivity index (χ1v) is 8.80. The lowest BCUT2D eigenvalue weighted by atomic mass is 9.90. The summed E-state index contributed by atoms with van der Waals surface area (Å²) in [7, 11) is 0. The smallest absolute Gasteiger partial charge is 0.309 e. The molecule has 20 heavy (non-hydrogen) atoms. The van der Waals surface area contributed by atoms with E-state index < -0.39 is 0 Å². The molecule has 1 saturated carbocycles. The number of esters is 1. The molecule has 0 aromatic rings. The van der Waals surface area contributed by atoms with Crippen LogP contribution in [0.4, 0.5) is 0 Å². The maximum Gasteiger partial charge on any atom is 0.309 e. The molecule has 1 unspecified atom stereocenters. The predicted molar refractivity (Wildman–Crippen MR) is 84.7 cm³/mol. The van der Waals surface area contributed by atoms with E-state index in [0.717, 1.165) is 19.3 Å². The van der Waals surface area contributed by atoms with E-state index in [1.807, 2.05) is 6.92 Å². The zero-order chi connectivity index (χ0) is 14.8. The Hall–Kier alpha value is -0.530. The highest BCUT2D eigenvalue weighted by Gasteiger charge is 2.29. The molecule has 1 aliphatic carbocycles. The molecule has 0 aromatic carbocycles. The molecule has 1 aliphatic rings. The maximum atomic E-state index is 12.1. The van der Waals surface area contributed by atoms with E-state index in [1.165, 1.54) is 57.8 Å². The van der Waals surface area contributed by atoms with Gasteiger partial charge in [0.1, 0.15) is 5.60 Å². The summed E-state index contributed by atoms with van der Waals surface area (Å²) in [5, 5.41) is 0. The third kappa shape index (κ3) is 6.76. The SMILES string of the molecule is CCC(C)C(=O)OC1(C)CCCCCCCCCCC1. The first-order chi connectivity index (χ1) is 9.57. The van der Waals surface area contributed by atoms with Crippen LogP contribution in [-0.2, 0) is 9.53 Å². The van der Waals surface area contributed by atoms with Crippen LogP contribution < -0.4 is 0 Å². The lowest BCUT2D eigenvalue weighted by Crippen LogP contribution is -2.34. The Morgan fingerprint density at radius 1 is 0.950 bits per heavy atom. The van der Waals surface area contributed by atoms with E-state index in [0.29, 0.717) is 0 Å². The van der Waals surface area contributed by atoms with E-state index in [1.54, 1.807) is 0 Å². The highest BCUT2D eigenvalue weighted by atomic mass is 16.6. The summed E-state index contributed by atoms with van der Waals surface area (Å²) < 4.78 is 5.90. The van der Waals surface area contributed by atoms with Gasteiger partial charge in [0.25, 0.3) is 0 Å². The molecule has 0 aliphatic heterocycles. The zero-order valence-electron chi connectivity index (χ0n) is 13.9. The lowest BCUT2D eigenvalue weighted by molar-refractivity contribution is -0.164. The van der Waals surface area contributed by atoms with Gasteiger partial charge in [0.2, 0.25) is 0 Å². The highest BCUT2D eigenvalue weighted by Crippen LogP contribution is 2.29. The molecular weight excluding hydrogens is 248 g/mol. The van der Waals surface area contributed by atoms with Crippen molar-refractivity contribution >= 4 is 5.97 Å². The third-order valence-corrected chi connectivity index (χ3v) is 4.77. The fourth-order valence-corrected chi connectivity index (χ4v) is 2.97. The summed E-state index contributed by atoms with van der Waals surface area (Å²) in [6.45, 7) is 6.18. The van der Waals surface area contributed by atoms with Crippen LogP contribution in [-0.4, -0.2) is 11.6 Å². The molecule has 1 fully saturated rings. The molecule has 1 rings (SSSR count). The quantitative estimate of drug-likeness (QED) is 0.626. The molecular formula is C18H34O2. The van der Waals surface area contributed by atoms with E-state index in [-0.39, 0.29) is 17.5 Å². The molecule has 1 atom stereocenters. The Bertz CT molecular complexity index is 261. The number of rotatable bonds is 3. The number of carbonyl (C=O) groups is 1. The first-order valence-electron chi connectivity index (χ1n) is 8.80.